The molecule has 0 aliphatic rings. The monoisotopic (exact) mass is 454 g/mol. The SMILES string of the molecule is CC(=O)Oc1c(C)c(C(C)(C)/C=C(\C)CC(C)C)c(OC(=O)CCC(=O)O)c2ccccc12. The predicted octanol–water partition coefficient (Wildman–Crippen LogP) is 6.11. The van der Waals surface area contributed by atoms with Crippen LogP contribution < -0.4 is 9.47 Å². The van der Waals surface area contributed by atoms with Crippen LogP contribution in [-0.4, -0.2) is 23.0 Å². The first kappa shape index (κ1) is 26.1. The molecule has 0 spiro atoms. The molecule has 2 aromatic carbocycles. The summed E-state index contributed by atoms with van der Waals surface area (Å²) in [6.07, 6.45) is 2.51. The summed E-state index contributed by atoms with van der Waals surface area (Å²) in [5.41, 5.74) is 2.05. The normalized spacial score (nSPS) is 12.2. The van der Waals surface area contributed by atoms with E-state index in [2.05, 4.69) is 26.8 Å². The summed E-state index contributed by atoms with van der Waals surface area (Å²) in [5.74, 6) is -0.841. The molecule has 0 bridgehead atoms. The molecule has 2 aromatic rings. The third-order valence-electron chi connectivity index (χ3n) is 5.35. The van der Waals surface area contributed by atoms with E-state index in [0.29, 0.717) is 33.8 Å². The van der Waals surface area contributed by atoms with Crippen LogP contribution in [0.15, 0.2) is 35.9 Å². The molecule has 0 aliphatic carbocycles. The Kier molecular flexibility index (Phi) is 8.42. The van der Waals surface area contributed by atoms with Gasteiger partial charge in [-0.2, -0.15) is 0 Å². The second kappa shape index (κ2) is 10.6. The molecule has 0 atom stereocenters. The van der Waals surface area contributed by atoms with Gasteiger partial charge in [0.2, 0.25) is 0 Å². The maximum absolute atomic E-state index is 12.6. The number of ether oxygens (including phenoxy) is 2. The van der Waals surface area contributed by atoms with Crippen molar-refractivity contribution >= 4 is 28.7 Å². The first-order valence-electron chi connectivity index (χ1n) is 11.2. The number of fused-ring (bicyclic) bond motifs is 1. The number of esters is 2. The highest BCUT2D eigenvalue weighted by Gasteiger charge is 2.31. The molecule has 0 aromatic heterocycles. The molecule has 1 N–H and O–H groups in total. The minimum Gasteiger partial charge on any atom is -0.481 e. The lowest BCUT2D eigenvalue weighted by Crippen LogP contribution is -2.21. The van der Waals surface area contributed by atoms with Crippen molar-refractivity contribution in [1.82, 2.24) is 0 Å². The third kappa shape index (κ3) is 6.67. The lowest BCUT2D eigenvalue weighted by Gasteiger charge is -2.29. The predicted molar refractivity (Wildman–Crippen MR) is 129 cm³/mol. The van der Waals surface area contributed by atoms with Gasteiger partial charge in [0.05, 0.1) is 12.8 Å². The highest BCUT2D eigenvalue weighted by atomic mass is 16.5. The standard InChI is InChI=1S/C27H34O6/c1-16(2)14-17(3)15-27(6,7)24-18(4)25(32-19(5)28)20-10-8-9-11-21(20)26(24)33-23(31)13-12-22(29)30/h8-11,15-16H,12-14H2,1-7H3,(H,29,30)/b17-15+. The number of hydrogen-bond donors (Lipinski definition) is 1. The summed E-state index contributed by atoms with van der Waals surface area (Å²) < 4.78 is 11.5. The lowest BCUT2D eigenvalue weighted by molar-refractivity contribution is -0.142. The van der Waals surface area contributed by atoms with Crippen molar-refractivity contribution in [2.75, 3.05) is 0 Å². The fourth-order valence-corrected chi connectivity index (χ4v) is 4.42. The fraction of sp³-hybridized carbons (Fsp3) is 0.444. The van der Waals surface area contributed by atoms with E-state index in [1.54, 1.807) is 0 Å². The van der Waals surface area contributed by atoms with Crippen LogP contribution in [-0.2, 0) is 19.8 Å². The van der Waals surface area contributed by atoms with Gasteiger partial charge in [-0.15, -0.1) is 0 Å². The Balaban J connectivity index is 2.81. The number of carbonyl (C=O) groups excluding carboxylic acids is 2. The molecule has 0 saturated heterocycles. The van der Waals surface area contributed by atoms with Crippen molar-refractivity contribution < 1.29 is 29.0 Å². The molecule has 0 unspecified atom stereocenters. The summed E-state index contributed by atoms with van der Waals surface area (Å²) in [4.78, 5) is 35.4. The number of benzene rings is 2. The number of aliphatic carboxylic acids is 1. The number of carboxylic acids is 1. The number of rotatable bonds is 9. The Labute approximate surface area is 195 Å². The van der Waals surface area contributed by atoms with Gasteiger partial charge in [-0.25, -0.2) is 0 Å². The first-order valence-corrected chi connectivity index (χ1v) is 11.2. The third-order valence-corrected chi connectivity index (χ3v) is 5.35. The zero-order valence-corrected chi connectivity index (χ0v) is 20.6. The van der Waals surface area contributed by atoms with Gasteiger partial charge >= 0.3 is 17.9 Å². The van der Waals surface area contributed by atoms with Gasteiger partial charge in [0.15, 0.2) is 0 Å². The van der Waals surface area contributed by atoms with Crippen LogP contribution in [0.5, 0.6) is 11.5 Å². The highest BCUT2D eigenvalue weighted by molar-refractivity contribution is 5.99. The Morgan fingerprint density at radius 2 is 1.58 bits per heavy atom. The van der Waals surface area contributed by atoms with Crippen LogP contribution in [0.25, 0.3) is 10.8 Å². The van der Waals surface area contributed by atoms with Crippen molar-refractivity contribution in [1.29, 1.82) is 0 Å². The maximum atomic E-state index is 12.6. The van der Waals surface area contributed by atoms with Crippen LogP contribution in [0.1, 0.15) is 71.9 Å². The molecule has 6 nitrogen and oxygen atoms in total. The van der Waals surface area contributed by atoms with Crippen LogP contribution in [0.4, 0.5) is 0 Å². The van der Waals surface area contributed by atoms with Crippen molar-refractivity contribution in [2.45, 2.75) is 73.1 Å². The average Bonchev–Trinajstić information content (AvgIpc) is 2.67. The second-order valence-electron chi connectivity index (χ2n) is 9.48. The number of allylic oxidation sites excluding steroid dienone is 2. The van der Waals surface area contributed by atoms with E-state index >= 15 is 0 Å². The van der Waals surface area contributed by atoms with Crippen LogP contribution >= 0.6 is 0 Å². The zero-order chi connectivity index (χ0) is 24.9. The topological polar surface area (TPSA) is 89.9 Å². The average molecular weight is 455 g/mol. The van der Waals surface area contributed by atoms with Crippen molar-refractivity contribution in [3.8, 4) is 11.5 Å². The van der Waals surface area contributed by atoms with Crippen LogP contribution in [0.2, 0.25) is 0 Å². The molecule has 0 heterocycles. The quantitative estimate of drug-likeness (QED) is 0.279. The molecule has 6 heteroatoms. The van der Waals surface area contributed by atoms with Gasteiger partial charge in [-0.05, 0) is 26.2 Å². The van der Waals surface area contributed by atoms with Gasteiger partial charge in [0, 0.05) is 34.2 Å². The summed E-state index contributed by atoms with van der Waals surface area (Å²) in [6, 6.07) is 7.26. The van der Waals surface area contributed by atoms with Crippen molar-refractivity contribution in [2.24, 2.45) is 5.92 Å². The Morgan fingerprint density at radius 3 is 2.09 bits per heavy atom. The second-order valence-corrected chi connectivity index (χ2v) is 9.48. The number of carboxylic acid groups (broad SMARTS) is 1. The van der Waals surface area contributed by atoms with E-state index in [-0.39, 0.29) is 12.8 Å². The molecule has 0 amide bonds. The lowest BCUT2D eigenvalue weighted by atomic mass is 9.77. The summed E-state index contributed by atoms with van der Waals surface area (Å²) in [6.45, 7) is 13.6. The van der Waals surface area contributed by atoms with Crippen LogP contribution in [0.3, 0.4) is 0 Å². The largest absolute Gasteiger partial charge is 0.481 e. The minimum absolute atomic E-state index is 0.240. The smallest absolute Gasteiger partial charge is 0.311 e. The molecule has 0 saturated carbocycles. The van der Waals surface area contributed by atoms with E-state index in [1.165, 1.54) is 12.5 Å². The van der Waals surface area contributed by atoms with Gasteiger partial charge in [-0.3, -0.25) is 14.4 Å². The summed E-state index contributed by atoms with van der Waals surface area (Å²) in [5, 5.41) is 10.2. The fourth-order valence-electron chi connectivity index (χ4n) is 4.42. The van der Waals surface area contributed by atoms with Gasteiger partial charge in [0.1, 0.15) is 11.5 Å². The van der Waals surface area contributed by atoms with Gasteiger partial charge < -0.3 is 14.6 Å². The Bertz CT molecular complexity index is 1090. The Hall–Kier alpha value is -3.15. The van der Waals surface area contributed by atoms with E-state index in [1.807, 2.05) is 45.0 Å². The van der Waals surface area contributed by atoms with Gasteiger partial charge in [0.25, 0.3) is 0 Å². The minimum atomic E-state index is -1.06. The van der Waals surface area contributed by atoms with Crippen LogP contribution in [0, 0.1) is 12.8 Å². The molecular weight excluding hydrogens is 420 g/mol. The van der Waals surface area contributed by atoms with E-state index in [9.17, 15) is 14.4 Å². The van der Waals surface area contributed by atoms with E-state index in [0.717, 1.165) is 12.0 Å². The first-order chi connectivity index (χ1) is 15.3. The number of hydrogen-bond acceptors (Lipinski definition) is 5. The molecule has 0 radical (unpaired) electrons. The highest BCUT2D eigenvalue weighted by Crippen LogP contribution is 2.47. The van der Waals surface area contributed by atoms with E-state index < -0.39 is 23.3 Å². The summed E-state index contributed by atoms with van der Waals surface area (Å²) in [7, 11) is 0. The summed E-state index contributed by atoms with van der Waals surface area (Å²) >= 11 is 0. The molecule has 2 rings (SSSR count). The van der Waals surface area contributed by atoms with Crippen molar-refractivity contribution in [3.05, 3.63) is 47.0 Å². The molecule has 0 fully saturated rings. The number of carbonyl (C=O) groups is 3. The zero-order valence-electron chi connectivity index (χ0n) is 20.6. The molecule has 178 valence electrons. The molecular formula is C27H34O6. The maximum Gasteiger partial charge on any atom is 0.311 e. The van der Waals surface area contributed by atoms with Gasteiger partial charge in [-0.1, -0.05) is 63.6 Å². The van der Waals surface area contributed by atoms with E-state index in [4.69, 9.17) is 14.6 Å². The molecule has 0 aliphatic heterocycles. The molecule has 33 heavy (non-hydrogen) atoms. The Morgan fingerprint density at radius 1 is 1.00 bits per heavy atom. The van der Waals surface area contributed by atoms with Crippen molar-refractivity contribution in [3.63, 3.8) is 0 Å².